The molecule has 2 aromatic rings. The maximum absolute atomic E-state index is 8.76. The third kappa shape index (κ3) is 2.31. The van der Waals surface area contributed by atoms with Crippen LogP contribution in [-0.2, 0) is 0 Å². The van der Waals surface area contributed by atoms with Crippen molar-refractivity contribution >= 4 is 0 Å². The first-order valence-electron chi connectivity index (χ1n) is 5.44. The van der Waals surface area contributed by atoms with Crippen LogP contribution in [0.2, 0.25) is 0 Å². The van der Waals surface area contributed by atoms with Crippen LogP contribution in [0.5, 0.6) is 0 Å². The molecule has 0 saturated heterocycles. The molecule has 0 amide bonds. The summed E-state index contributed by atoms with van der Waals surface area (Å²) in [7, 11) is 0. The highest BCUT2D eigenvalue weighted by atomic mass is 16.5. The van der Waals surface area contributed by atoms with Gasteiger partial charge < -0.3 is 4.52 Å². The van der Waals surface area contributed by atoms with Gasteiger partial charge in [0.05, 0.1) is 0 Å². The fraction of sp³-hybridized carbons (Fsp3) is 0.333. The molecule has 5 heteroatoms. The van der Waals surface area contributed by atoms with Crippen LogP contribution in [0.15, 0.2) is 22.9 Å². The lowest BCUT2D eigenvalue weighted by molar-refractivity contribution is 0.416. The van der Waals surface area contributed by atoms with Gasteiger partial charge in [0.1, 0.15) is 11.8 Å². The Labute approximate surface area is 99.1 Å². The van der Waals surface area contributed by atoms with Gasteiger partial charge in [0, 0.05) is 17.7 Å². The molecule has 5 nitrogen and oxygen atoms in total. The second kappa shape index (κ2) is 4.74. The summed E-state index contributed by atoms with van der Waals surface area (Å²) in [6.07, 6.45) is 2.51. The lowest BCUT2D eigenvalue weighted by atomic mass is 10.1. The molecule has 0 aliphatic carbocycles. The molecule has 17 heavy (non-hydrogen) atoms. The number of rotatable bonds is 3. The highest BCUT2D eigenvalue weighted by molar-refractivity contribution is 5.54. The van der Waals surface area contributed by atoms with Crippen LogP contribution in [0.1, 0.15) is 37.7 Å². The number of hydrogen-bond acceptors (Lipinski definition) is 5. The lowest BCUT2D eigenvalue weighted by Crippen LogP contribution is -1.93. The molecule has 0 aliphatic heterocycles. The zero-order valence-corrected chi connectivity index (χ0v) is 9.71. The van der Waals surface area contributed by atoms with Crippen LogP contribution in [-0.4, -0.2) is 15.1 Å². The van der Waals surface area contributed by atoms with Crippen molar-refractivity contribution in [2.45, 2.75) is 26.2 Å². The van der Waals surface area contributed by atoms with Crippen molar-refractivity contribution in [3.8, 4) is 17.5 Å². The maximum Gasteiger partial charge on any atom is 0.258 e. The molecule has 1 unspecified atom stereocenters. The van der Waals surface area contributed by atoms with Gasteiger partial charge in [-0.1, -0.05) is 19.0 Å². The number of hydrogen-bond donors (Lipinski definition) is 0. The highest BCUT2D eigenvalue weighted by Crippen LogP contribution is 2.21. The van der Waals surface area contributed by atoms with Crippen LogP contribution in [0.4, 0.5) is 0 Å². The quantitative estimate of drug-likeness (QED) is 0.806. The number of nitrogens with zero attached hydrogens (tertiary/aromatic N) is 4. The second-order valence-electron chi connectivity index (χ2n) is 3.81. The summed E-state index contributed by atoms with van der Waals surface area (Å²) in [5, 5.41) is 12.7. The van der Waals surface area contributed by atoms with E-state index in [9.17, 15) is 0 Å². The zero-order valence-electron chi connectivity index (χ0n) is 9.71. The monoisotopic (exact) mass is 228 g/mol. The molecule has 0 spiro atoms. The van der Waals surface area contributed by atoms with Crippen molar-refractivity contribution in [3.05, 3.63) is 29.8 Å². The van der Waals surface area contributed by atoms with Gasteiger partial charge in [-0.2, -0.15) is 10.2 Å². The standard InChI is InChI=1S/C12H12N4O/c1-3-8(2)11-15-12(17-16-11)9-4-5-14-10(6-9)7-13/h4-6,8H,3H2,1-2H3. The SMILES string of the molecule is CCC(C)c1noc(-c2ccnc(C#N)c2)n1. The van der Waals surface area contributed by atoms with E-state index < -0.39 is 0 Å². The van der Waals surface area contributed by atoms with Crippen molar-refractivity contribution in [1.82, 2.24) is 15.1 Å². The van der Waals surface area contributed by atoms with E-state index in [1.54, 1.807) is 18.3 Å². The Balaban J connectivity index is 2.34. The van der Waals surface area contributed by atoms with Gasteiger partial charge in [0.15, 0.2) is 5.82 Å². The van der Waals surface area contributed by atoms with Gasteiger partial charge in [-0.25, -0.2) is 4.98 Å². The van der Waals surface area contributed by atoms with Gasteiger partial charge in [0.2, 0.25) is 0 Å². The van der Waals surface area contributed by atoms with Crippen molar-refractivity contribution < 1.29 is 4.52 Å². The second-order valence-corrected chi connectivity index (χ2v) is 3.81. The van der Waals surface area contributed by atoms with Crippen molar-refractivity contribution in [2.75, 3.05) is 0 Å². The fourth-order valence-corrected chi connectivity index (χ4v) is 1.36. The third-order valence-electron chi connectivity index (χ3n) is 2.62. The molecule has 0 fully saturated rings. The normalized spacial score (nSPS) is 12.1. The van der Waals surface area contributed by atoms with E-state index in [0.717, 1.165) is 12.0 Å². The van der Waals surface area contributed by atoms with Crippen LogP contribution >= 0.6 is 0 Å². The van der Waals surface area contributed by atoms with Crippen LogP contribution in [0.25, 0.3) is 11.5 Å². The summed E-state index contributed by atoms with van der Waals surface area (Å²) in [5.74, 6) is 1.39. The molecule has 2 aromatic heterocycles. The summed E-state index contributed by atoms with van der Waals surface area (Å²) in [6, 6.07) is 5.35. The van der Waals surface area contributed by atoms with E-state index in [2.05, 4.69) is 22.0 Å². The Hall–Kier alpha value is -2.22. The average Bonchev–Trinajstić information content (AvgIpc) is 2.87. The maximum atomic E-state index is 8.76. The number of nitriles is 1. The Morgan fingerprint density at radius 2 is 2.35 bits per heavy atom. The zero-order chi connectivity index (χ0) is 12.3. The summed E-state index contributed by atoms with van der Waals surface area (Å²) in [5.41, 5.74) is 1.06. The predicted octanol–water partition coefficient (Wildman–Crippen LogP) is 2.52. The number of pyridine rings is 1. The molecule has 1 atom stereocenters. The molecule has 0 aliphatic rings. The first-order chi connectivity index (χ1) is 8.24. The summed E-state index contributed by atoms with van der Waals surface area (Å²) < 4.78 is 5.17. The Morgan fingerprint density at radius 1 is 1.53 bits per heavy atom. The summed E-state index contributed by atoms with van der Waals surface area (Å²) in [4.78, 5) is 8.20. The minimum absolute atomic E-state index is 0.268. The molecular formula is C12H12N4O. The van der Waals surface area contributed by atoms with E-state index in [-0.39, 0.29) is 5.92 Å². The van der Waals surface area contributed by atoms with Crippen molar-refractivity contribution in [2.24, 2.45) is 0 Å². The first-order valence-corrected chi connectivity index (χ1v) is 5.44. The van der Waals surface area contributed by atoms with E-state index in [0.29, 0.717) is 17.4 Å². The van der Waals surface area contributed by atoms with E-state index >= 15 is 0 Å². The molecule has 2 rings (SSSR count). The minimum atomic E-state index is 0.268. The lowest BCUT2D eigenvalue weighted by Gasteiger charge is -1.98. The van der Waals surface area contributed by atoms with E-state index in [4.69, 9.17) is 9.78 Å². The van der Waals surface area contributed by atoms with Crippen LogP contribution in [0, 0.1) is 11.3 Å². The fourth-order valence-electron chi connectivity index (χ4n) is 1.36. The molecule has 0 radical (unpaired) electrons. The summed E-state index contributed by atoms with van der Waals surface area (Å²) >= 11 is 0. The molecule has 0 bridgehead atoms. The van der Waals surface area contributed by atoms with Crippen molar-refractivity contribution in [3.63, 3.8) is 0 Å². The van der Waals surface area contributed by atoms with E-state index in [1.165, 1.54) is 0 Å². The Bertz CT molecular complexity index is 556. The minimum Gasteiger partial charge on any atom is -0.334 e. The summed E-state index contributed by atoms with van der Waals surface area (Å²) in [6.45, 7) is 4.11. The topological polar surface area (TPSA) is 75.6 Å². The molecule has 86 valence electrons. The smallest absolute Gasteiger partial charge is 0.258 e. The molecule has 0 N–H and O–H groups in total. The van der Waals surface area contributed by atoms with Gasteiger partial charge in [0.25, 0.3) is 5.89 Å². The largest absolute Gasteiger partial charge is 0.334 e. The van der Waals surface area contributed by atoms with Gasteiger partial charge in [-0.3, -0.25) is 0 Å². The molecule has 0 aromatic carbocycles. The van der Waals surface area contributed by atoms with Crippen LogP contribution in [0.3, 0.4) is 0 Å². The van der Waals surface area contributed by atoms with Gasteiger partial charge >= 0.3 is 0 Å². The average molecular weight is 228 g/mol. The Kier molecular flexibility index (Phi) is 3.15. The predicted molar refractivity (Wildman–Crippen MR) is 61.0 cm³/mol. The third-order valence-corrected chi connectivity index (χ3v) is 2.62. The van der Waals surface area contributed by atoms with E-state index in [1.807, 2.05) is 13.0 Å². The highest BCUT2D eigenvalue weighted by Gasteiger charge is 2.13. The molecule has 2 heterocycles. The number of aromatic nitrogens is 3. The Morgan fingerprint density at radius 3 is 3.06 bits per heavy atom. The first kappa shape index (κ1) is 11.3. The van der Waals surface area contributed by atoms with Gasteiger partial charge in [-0.15, -0.1) is 0 Å². The van der Waals surface area contributed by atoms with Crippen LogP contribution < -0.4 is 0 Å². The van der Waals surface area contributed by atoms with Crippen molar-refractivity contribution in [1.29, 1.82) is 5.26 Å². The van der Waals surface area contributed by atoms with Gasteiger partial charge in [-0.05, 0) is 18.6 Å². The molecular weight excluding hydrogens is 216 g/mol. The molecule has 0 saturated carbocycles.